The highest BCUT2D eigenvalue weighted by Gasteiger charge is 2.42. The van der Waals surface area contributed by atoms with E-state index in [-0.39, 0.29) is 41.6 Å². The molecule has 2 heterocycles. The van der Waals surface area contributed by atoms with E-state index < -0.39 is 65.9 Å². The van der Waals surface area contributed by atoms with Gasteiger partial charge in [-0.3, -0.25) is 19.3 Å². The van der Waals surface area contributed by atoms with E-state index in [0.29, 0.717) is 52.5 Å². The van der Waals surface area contributed by atoms with Crippen LogP contribution in [0.2, 0.25) is 0 Å². The Bertz CT molecular complexity index is 4280. The summed E-state index contributed by atoms with van der Waals surface area (Å²) < 4.78 is 61.4. The fraction of sp³-hybridized carbons (Fsp3) is 0.230. The summed E-state index contributed by atoms with van der Waals surface area (Å²) in [7, 11) is 1.51. The number of tetrazole rings is 1. The van der Waals surface area contributed by atoms with E-state index >= 15 is 0 Å². The van der Waals surface area contributed by atoms with Crippen molar-refractivity contribution in [2.24, 2.45) is 0 Å². The van der Waals surface area contributed by atoms with Crippen LogP contribution in [0.1, 0.15) is 107 Å². The first-order valence-corrected chi connectivity index (χ1v) is 32.0. The van der Waals surface area contributed by atoms with Crippen LogP contribution in [0.25, 0.3) is 22.5 Å². The highest BCUT2D eigenvalue weighted by molar-refractivity contribution is 7.98. The minimum absolute atomic E-state index is 0.126. The van der Waals surface area contributed by atoms with Gasteiger partial charge in [0.25, 0.3) is 11.8 Å². The highest BCUT2D eigenvalue weighted by Crippen LogP contribution is 2.44. The number of nitrogens with zero attached hydrogens (tertiary/aromatic N) is 8. The summed E-state index contributed by atoms with van der Waals surface area (Å²) in [4.78, 5) is 74.5. The molecule has 22 heteroatoms. The number of aliphatic carboxylic acids is 1. The van der Waals surface area contributed by atoms with Crippen molar-refractivity contribution in [3.8, 4) is 28.3 Å². The van der Waals surface area contributed by atoms with Gasteiger partial charge in [0.1, 0.15) is 29.3 Å². The van der Waals surface area contributed by atoms with Crippen molar-refractivity contribution in [1.82, 2.24) is 34.7 Å². The maximum absolute atomic E-state index is 14.2. The number of carboxylic acids is 1. The van der Waals surface area contributed by atoms with Crippen LogP contribution in [0.3, 0.4) is 0 Å². The standard InChI is InChI=1S/C74H70F3N9O9S/c1-7-21-64-78-62(48-96-58-40-41-61(63(43-58)83(6)71(92)95-72(3,4)5)79-65(87)47-94-57-38-34-49(35-39-57)44-84(46-66(88)89)69(90)52-22-20-29-56(42-52)74(75,76)77)67(70(91)93-8-2)85(64)45-50-32-36-51(37-33-50)59-30-18-19-31-60(59)68-80-81-82-86(68)73(53-23-12-9-13-24-53,54-25-14-10-15-26-54)55-27-16-11-17-28-55/h9-20,22-43H,7-8,21,44-48H2,1-6H3,(H,79,87)(H,88,89). The fourth-order valence-corrected chi connectivity index (χ4v) is 12.1. The van der Waals surface area contributed by atoms with Crippen LogP contribution in [0.15, 0.2) is 211 Å². The summed E-state index contributed by atoms with van der Waals surface area (Å²) in [5, 5.41) is 26.3. The van der Waals surface area contributed by atoms with Crippen molar-refractivity contribution >= 4 is 53.0 Å². The Morgan fingerprint density at radius 1 is 0.688 bits per heavy atom. The normalized spacial score (nSPS) is 11.6. The highest BCUT2D eigenvalue weighted by atomic mass is 32.2. The van der Waals surface area contributed by atoms with Gasteiger partial charge in [0.05, 0.1) is 29.2 Å². The molecule has 0 fully saturated rings. The number of thioether (sulfide) groups is 1. The molecule has 0 saturated heterocycles. The topological polar surface area (TPSA) is 213 Å². The molecule has 0 radical (unpaired) electrons. The van der Waals surface area contributed by atoms with Crippen LogP contribution in [-0.4, -0.2) is 102 Å². The first-order chi connectivity index (χ1) is 46.1. The Hall–Kier alpha value is -10.9. The number of rotatable bonds is 25. The van der Waals surface area contributed by atoms with Crippen LogP contribution >= 0.6 is 11.8 Å². The molecule has 0 atom stereocenters. The minimum atomic E-state index is -4.72. The van der Waals surface area contributed by atoms with Gasteiger partial charge in [0, 0.05) is 48.3 Å². The van der Waals surface area contributed by atoms with Crippen LogP contribution in [-0.2, 0) is 56.0 Å². The third-order valence-corrected chi connectivity index (χ3v) is 16.6. The summed E-state index contributed by atoms with van der Waals surface area (Å²) >= 11 is 1.36. The minimum Gasteiger partial charge on any atom is -0.484 e. The smallest absolute Gasteiger partial charge is 0.416 e. The molecule has 0 aliphatic carbocycles. The number of alkyl halides is 3. The molecule has 2 N–H and O–H groups in total. The first kappa shape index (κ1) is 68.0. The van der Waals surface area contributed by atoms with Gasteiger partial charge in [-0.1, -0.05) is 165 Å². The van der Waals surface area contributed by atoms with Crippen LogP contribution in [0.4, 0.5) is 29.3 Å². The van der Waals surface area contributed by atoms with E-state index in [0.717, 1.165) is 62.4 Å². The summed E-state index contributed by atoms with van der Waals surface area (Å²) in [6.45, 7) is 7.88. The number of amides is 3. The molecule has 0 unspecified atom stereocenters. The number of halogens is 3. The third kappa shape index (κ3) is 15.8. The van der Waals surface area contributed by atoms with Crippen molar-refractivity contribution in [3.05, 3.63) is 262 Å². The van der Waals surface area contributed by atoms with Gasteiger partial charge in [-0.25, -0.2) is 19.3 Å². The van der Waals surface area contributed by atoms with Crippen LogP contribution in [0, 0.1) is 0 Å². The molecule has 0 spiro atoms. The molecule has 3 amide bonds. The van der Waals surface area contributed by atoms with Gasteiger partial charge in [0.15, 0.2) is 18.1 Å². The molecule has 18 nitrogen and oxygen atoms in total. The lowest BCUT2D eigenvalue weighted by atomic mass is 9.77. The molecule has 10 rings (SSSR count). The zero-order valence-corrected chi connectivity index (χ0v) is 54.4. The Kier molecular flexibility index (Phi) is 21.3. The number of carbonyl (C=O) groups is 5. The molecule has 96 heavy (non-hydrogen) atoms. The van der Waals surface area contributed by atoms with Gasteiger partial charge in [-0.15, -0.1) is 16.9 Å². The predicted octanol–water partition coefficient (Wildman–Crippen LogP) is 14.6. The van der Waals surface area contributed by atoms with Crippen molar-refractivity contribution in [2.75, 3.05) is 37.0 Å². The molecule has 0 saturated carbocycles. The fourth-order valence-electron chi connectivity index (χ4n) is 11.2. The summed E-state index contributed by atoms with van der Waals surface area (Å²) in [6.07, 6.45) is -4.12. The molecular weight excluding hydrogens is 1250 g/mol. The number of benzene rings is 8. The second kappa shape index (κ2) is 30.0. The largest absolute Gasteiger partial charge is 0.484 e. The van der Waals surface area contributed by atoms with Crippen molar-refractivity contribution in [2.45, 2.75) is 88.5 Å². The lowest BCUT2D eigenvalue weighted by Gasteiger charge is -2.36. The SMILES string of the molecule is CCCc1nc(CSc2ccc(NC(=O)COc3ccc(CN(CC(=O)O)C(=O)c4cccc(C(F)(F)F)c4)cc3)c(N(C)C(=O)OC(C)(C)C)c2)c(C(=O)OCC)n1Cc1ccc(-c2ccccc2-c2nnnn2C(c2ccccc2)(c2ccccc2)c2ccccc2)cc1. The number of carboxylic acid groups (broad SMARTS) is 1. The van der Waals surface area contributed by atoms with Gasteiger partial charge in [-0.2, -0.15) is 13.2 Å². The third-order valence-electron chi connectivity index (χ3n) is 15.6. The van der Waals surface area contributed by atoms with Crippen molar-refractivity contribution in [3.63, 3.8) is 0 Å². The second-order valence-electron chi connectivity index (χ2n) is 23.5. The Morgan fingerprint density at radius 2 is 1.29 bits per heavy atom. The number of hydrogen-bond donors (Lipinski definition) is 2. The lowest BCUT2D eigenvalue weighted by Crippen LogP contribution is -2.39. The van der Waals surface area contributed by atoms with Crippen LogP contribution in [0.5, 0.6) is 5.75 Å². The summed E-state index contributed by atoms with van der Waals surface area (Å²) in [6, 6.07) is 61.8. The maximum atomic E-state index is 14.2. The number of carbonyl (C=O) groups excluding carboxylic acids is 4. The second-order valence-corrected chi connectivity index (χ2v) is 24.5. The lowest BCUT2D eigenvalue weighted by molar-refractivity contribution is -0.138. The van der Waals surface area contributed by atoms with Crippen molar-refractivity contribution < 1.29 is 56.5 Å². The van der Waals surface area contributed by atoms with E-state index in [9.17, 15) is 42.3 Å². The van der Waals surface area contributed by atoms with Gasteiger partial charge >= 0.3 is 24.2 Å². The Morgan fingerprint density at radius 3 is 1.89 bits per heavy atom. The molecule has 10 aromatic rings. The molecule has 492 valence electrons. The molecular formula is C74H70F3N9O9S. The van der Waals surface area contributed by atoms with Crippen molar-refractivity contribution in [1.29, 1.82) is 0 Å². The Labute approximate surface area is 557 Å². The van der Waals surface area contributed by atoms with Gasteiger partial charge < -0.3 is 34.1 Å². The number of ether oxygens (including phenoxy) is 3. The zero-order chi connectivity index (χ0) is 68.2. The molecule has 0 aliphatic heterocycles. The van der Waals surface area contributed by atoms with Gasteiger partial charge in [0.2, 0.25) is 0 Å². The first-order valence-electron chi connectivity index (χ1n) is 31.0. The molecule has 8 aromatic carbocycles. The average molecular weight is 1320 g/mol. The number of aryl methyl sites for hydroxylation is 1. The summed E-state index contributed by atoms with van der Waals surface area (Å²) in [5.74, 6) is -1.71. The number of hydrogen-bond acceptors (Lipinski definition) is 13. The van der Waals surface area contributed by atoms with E-state index in [1.165, 1.54) is 54.0 Å². The predicted molar refractivity (Wildman–Crippen MR) is 360 cm³/mol. The van der Waals surface area contributed by atoms with E-state index in [4.69, 9.17) is 29.5 Å². The molecule has 2 aromatic heterocycles. The van der Waals surface area contributed by atoms with Crippen LogP contribution < -0.4 is 15.0 Å². The molecule has 0 bridgehead atoms. The van der Waals surface area contributed by atoms with E-state index in [1.54, 1.807) is 45.9 Å². The van der Waals surface area contributed by atoms with E-state index in [1.807, 2.05) is 101 Å². The maximum Gasteiger partial charge on any atom is 0.416 e. The number of aromatic nitrogens is 6. The average Bonchev–Trinajstić information content (AvgIpc) is 1.25. The monoisotopic (exact) mass is 1320 g/mol. The number of imidazole rings is 1. The van der Waals surface area contributed by atoms with E-state index in [2.05, 4.69) is 65.1 Å². The number of anilines is 2. The molecule has 0 aliphatic rings. The summed E-state index contributed by atoms with van der Waals surface area (Å²) in [5.41, 5.74) is 5.00. The number of nitrogens with one attached hydrogen (secondary N) is 1. The number of esters is 1. The zero-order valence-electron chi connectivity index (χ0n) is 53.6. The Balaban J connectivity index is 0.876. The quantitative estimate of drug-likeness (QED) is 0.0310. The van der Waals surface area contributed by atoms with Gasteiger partial charge in [-0.05, 0) is 132 Å².